The van der Waals surface area contributed by atoms with Crippen LogP contribution in [-0.2, 0) is 0 Å². The Morgan fingerprint density at radius 2 is 2.00 bits per heavy atom. The Morgan fingerprint density at radius 3 is 2.56 bits per heavy atom. The van der Waals surface area contributed by atoms with E-state index in [1.165, 1.54) is 18.0 Å². The van der Waals surface area contributed by atoms with E-state index >= 15 is 0 Å². The van der Waals surface area contributed by atoms with Crippen LogP contribution in [0.3, 0.4) is 0 Å². The first-order valence-electron chi connectivity index (χ1n) is 6.46. The van der Waals surface area contributed by atoms with Gasteiger partial charge in [0.2, 0.25) is 0 Å². The number of carbonyl (C=O) groups excluding carboxylic acids is 1. The van der Waals surface area contributed by atoms with Crippen LogP contribution >= 0.6 is 11.5 Å². The molecule has 5 heteroatoms. The van der Waals surface area contributed by atoms with Crippen LogP contribution in [0.25, 0.3) is 0 Å². The summed E-state index contributed by atoms with van der Waals surface area (Å²) in [5.74, 6) is 1.30. The van der Waals surface area contributed by atoms with Gasteiger partial charge in [-0.05, 0) is 36.7 Å². The zero-order valence-corrected chi connectivity index (χ0v) is 12.3. The fourth-order valence-corrected chi connectivity index (χ4v) is 3.52. The second-order valence-corrected chi connectivity index (χ2v) is 6.15. The molecule has 2 rings (SSSR count). The molecule has 1 saturated heterocycles. The minimum absolute atomic E-state index is 0.129. The van der Waals surface area contributed by atoms with E-state index in [1.807, 2.05) is 18.9 Å². The number of hydrogen-bond donors (Lipinski definition) is 1. The minimum atomic E-state index is 0.129. The standard InChI is InChI=1S/C13H21N3OS/c1-8-5-9(2)7-16(6-8)13(17)11-10(3)15-18-12(11)14-4/h8-9,14H,5-7H2,1-4H3/t8-,9-/m1/s1. The topological polar surface area (TPSA) is 45.2 Å². The highest BCUT2D eigenvalue weighted by Gasteiger charge is 2.29. The zero-order valence-electron chi connectivity index (χ0n) is 11.5. The van der Waals surface area contributed by atoms with Crippen molar-refractivity contribution in [1.29, 1.82) is 0 Å². The molecule has 0 aromatic carbocycles. The van der Waals surface area contributed by atoms with Crippen molar-refractivity contribution in [2.75, 3.05) is 25.5 Å². The number of nitrogens with one attached hydrogen (secondary N) is 1. The molecule has 1 aliphatic rings. The van der Waals surface area contributed by atoms with Crippen LogP contribution in [-0.4, -0.2) is 35.3 Å². The van der Waals surface area contributed by atoms with Crippen molar-refractivity contribution >= 4 is 22.4 Å². The Morgan fingerprint density at radius 1 is 1.39 bits per heavy atom. The minimum Gasteiger partial charge on any atom is -0.378 e. The average Bonchev–Trinajstić information content (AvgIpc) is 2.68. The molecular weight excluding hydrogens is 246 g/mol. The maximum atomic E-state index is 12.6. The van der Waals surface area contributed by atoms with Crippen molar-refractivity contribution in [2.45, 2.75) is 27.2 Å². The molecule has 1 aromatic heterocycles. The lowest BCUT2D eigenvalue weighted by atomic mass is 9.91. The summed E-state index contributed by atoms with van der Waals surface area (Å²) in [6.07, 6.45) is 1.21. The van der Waals surface area contributed by atoms with Gasteiger partial charge in [-0.15, -0.1) is 0 Å². The van der Waals surface area contributed by atoms with Crippen LogP contribution in [0.5, 0.6) is 0 Å². The predicted molar refractivity (Wildman–Crippen MR) is 75.2 cm³/mol. The van der Waals surface area contributed by atoms with Crippen molar-refractivity contribution < 1.29 is 4.79 Å². The highest BCUT2D eigenvalue weighted by Crippen LogP contribution is 2.28. The van der Waals surface area contributed by atoms with Gasteiger partial charge in [-0.3, -0.25) is 4.79 Å². The first-order valence-corrected chi connectivity index (χ1v) is 7.23. The largest absolute Gasteiger partial charge is 0.378 e. The van der Waals surface area contributed by atoms with Gasteiger partial charge in [0.1, 0.15) is 5.00 Å². The van der Waals surface area contributed by atoms with E-state index in [-0.39, 0.29) is 5.91 Å². The van der Waals surface area contributed by atoms with E-state index in [1.54, 1.807) is 0 Å². The molecular formula is C13H21N3OS. The summed E-state index contributed by atoms with van der Waals surface area (Å²) in [4.78, 5) is 14.6. The molecule has 4 nitrogen and oxygen atoms in total. The molecule has 1 aromatic rings. The number of rotatable bonds is 2. The highest BCUT2D eigenvalue weighted by atomic mass is 32.1. The summed E-state index contributed by atoms with van der Waals surface area (Å²) >= 11 is 1.36. The van der Waals surface area contributed by atoms with Gasteiger partial charge in [0.25, 0.3) is 5.91 Å². The number of aryl methyl sites for hydroxylation is 1. The third kappa shape index (κ3) is 2.51. The van der Waals surface area contributed by atoms with Crippen molar-refractivity contribution in [3.05, 3.63) is 11.3 Å². The summed E-state index contributed by atoms with van der Waals surface area (Å²) in [7, 11) is 1.84. The molecule has 18 heavy (non-hydrogen) atoms. The lowest BCUT2D eigenvalue weighted by Crippen LogP contribution is -2.42. The van der Waals surface area contributed by atoms with Gasteiger partial charge >= 0.3 is 0 Å². The molecule has 0 radical (unpaired) electrons. The molecule has 0 saturated carbocycles. The number of piperidine rings is 1. The Hall–Kier alpha value is -1.10. The fourth-order valence-electron chi connectivity index (χ4n) is 2.78. The summed E-state index contributed by atoms with van der Waals surface area (Å²) in [5.41, 5.74) is 1.59. The van der Waals surface area contributed by atoms with E-state index in [4.69, 9.17) is 0 Å². The summed E-state index contributed by atoms with van der Waals surface area (Å²) in [6, 6.07) is 0. The maximum Gasteiger partial charge on any atom is 0.258 e. The van der Waals surface area contributed by atoms with Crippen molar-refractivity contribution in [2.24, 2.45) is 11.8 Å². The summed E-state index contributed by atoms with van der Waals surface area (Å²) in [6.45, 7) is 8.06. The number of carbonyl (C=O) groups is 1. The van der Waals surface area contributed by atoms with Crippen molar-refractivity contribution in [3.8, 4) is 0 Å². The quantitative estimate of drug-likeness (QED) is 0.896. The zero-order chi connectivity index (χ0) is 13.3. The molecule has 0 unspecified atom stereocenters. The first-order chi connectivity index (χ1) is 8.52. The van der Waals surface area contributed by atoms with E-state index < -0.39 is 0 Å². The Kier molecular flexibility index (Phi) is 3.90. The smallest absolute Gasteiger partial charge is 0.258 e. The molecule has 0 bridgehead atoms. The van der Waals surface area contributed by atoms with E-state index in [0.717, 1.165) is 29.3 Å². The monoisotopic (exact) mass is 267 g/mol. The highest BCUT2D eigenvalue weighted by molar-refractivity contribution is 7.10. The number of anilines is 1. The second kappa shape index (κ2) is 5.26. The molecule has 1 aliphatic heterocycles. The van der Waals surface area contributed by atoms with Crippen LogP contribution in [0.15, 0.2) is 0 Å². The summed E-state index contributed by atoms with van der Waals surface area (Å²) in [5, 5.41) is 3.95. The number of likely N-dealkylation sites (tertiary alicyclic amines) is 1. The molecule has 0 aliphatic carbocycles. The molecule has 0 spiro atoms. The number of nitrogens with zero attached hydrogens (tertiary/aromatic N) is 2. The normalized spacial score (nSPS) is 24.1. The van der Waals surface area contributed by atoms with E-state index in [9.17, 15) is 4.79 Å². The van der Waals surface area contributed by atoms with E-state index in [0.29, 0.717) is 11.8 Å². The average molecular weight is 267 g/mol. The fraction of sp³-hybridized carbons (Fsp3) is 0.692. The number of aromatic nitrogens is 1. The van der Waals surface area contributed by atoms with Crippen LogP contribution in [0.4, 0.5) is 5.00 Å². The predicted octanol–water partition coefficient (Wildman–Crippen LogP) is 2.61. The molecule has 2 heterocycles. The maximum absolute atomic E-state index is 12.6. The van der Waals surface area contributed by atoms with Gasteiger partial charge in [-0.25, -0.2) is 0 Å². The van der Waals surface area contributed by atoms with Gasteiger partial charge in [0, 0.05) is 20.1 Å². The van der Waals surface area contributed by atoms with E-state index in [2.05, 4.69) is 23.5 Å². The first kappa shape index (κ1) is 13.3. The summed E-state index contributed by atoms with van der Waals surface area (Å²) < 4.78 is 4.27. The van der Waals surface area contributed by atoms with Crippen molar-refractivity contribution in [3.63, 3.8) is 0 Å². The molecule has 1 fully saturated rings. The lowest BCUT2D eigenvalue weighted by molar-refractivity contribution is 0.0623. The van der Waals surface area contributed by atoms with Crippen LogP contribution in [0, 0.1) is 18.8 Å². The van der Waals surface area contributed by atoms with Crippen LogP contribution in [0.2, 0.25) is 0 Å². The molecule has 1 amide bonds. The lowest BCUT2D eigenvalue weighted by Gasteiger charge is -2.35. The van der Waals surface area contributed by atoms with Gasteiger partial charge < -0.3 is 10.2 Å². The van der Waals surface area contributed by atoms with Gasteiger partial charge in [0.05, 0.1) is 11.3 Å². The van der Waals surface area contributed by atoms with Gasteiger partial charge in [-0.2, -0.15) is 4.37 Å². The Bertz CT molecular complexity index is 433. The van der Waals surface area contributed by atoms with Gasteiger partial charge in [-0.1, -0.05) is 13.8 Å². The molecule has 100 valence electrons. The van der Waals surface area contributed by atoms with Crippen LogP contribution < -0.4 is 5.32 Å². The van der Waals surface area contributed by atoms with Crippen LogP contribution in [0.1, 0.15) is 36.3 Å². The molecule has 1 N–H and O–H groups in total. The van der Waals surface area contributed by atoms with Crippen molar-refractivity contribution in [1.82, 2.24) is 9.27 Å². The third-order valence-electron chi connectivity index (χ3n) is 3.46. The number of amides is 1. The van der Waals surface area contributed by atoms with Gasteiger partial charge in [0.15, 0.2) is 0 Å². The second-order valence-electron chi connectivity index (χ2n) is 5.38. The Balaban J connectivity index is 2.22. The SMILES string of the molecule is CNc1snc(C)c1C(=O)N1C[C@H](C)C[C@@H](C)C1. The Labute approximate surface area is 113 Å². The number of hydrogen-bond acceptors (Lipinski definition) is 4. The molecule has 2 atom stereocenters. The third-order valence-corrected chi connectivity index (χ3v) is 4.42.